The molecule has 1 fully saturated rings. The number of likely N-dealkylation sites (N-methyl/N-ethyl adjacent to an activating group) is 1. The Bertz CT molecular complexity index is 353. The lowest BCUT2D eigenvalue weighted by molar-refractivity contribution is 0.0461. The zero-order chi connectivity index (χ0) is 13.3. The van der Waals surface area contributed by atoms with Crippen LogP contribution in [0.5, 0.6) is 0 Å². The first-order chi connectivity index (χ1) is 7.54. The van der Waals surface area contributed by atoms with E-state index in [1.54, 1.807) is 0 Å². The Hall–Kier alpha value is -0.170. The largest absolute Gasteiger partial charge is 0.387 e. The number of sulfonamides is 1. The van der Waals surface area contributed by atoms with Crippen molar-refractivity contribution in [1.82, 2.24) is 9.62 Å². The summed E-state index contributed by atoms with van der Waals surface area (Å²) in [4.78, 5) is 0. The van der Waals surface area contributed by atoms with Crippen molar-refractivity contribution < 1.29 is 13.5 Å². The molecule has 1 atom stereocenters. The number of aliphatic hydroxyl groups is 1. The van der Waals surface area contributed by atoms with Gasteiger partial charge >= 0.3 is 0 Å². The highest BCUT2D eigenvalue weighted by atomic mass is 32.2. The molecule has 1 saturated heterocycles. The number of nitrogens with zero attached hydrogens (tertiary/aromatic N) is 1. The van der Waals surface area contributed by atoms with Crippen molar-refractivity contribution in [3.63, 3.8) is 0 Å². The summed E-state index contributed by atoms with van der Waals surface area (Å²) in [6, 6.07) is 0. The van der Waals surface area contributed by atoms with Crippen LogP contribution in [0.25, 0.3) is 0 Å². The molecule has 0 bridgehead atoms. The van der Waals surface area contributed by atoms with Crippen LogP contribution in [0.1, 0.15) is 27.2 Å². The topological polar surface area (TPSA) is 69.6 Å². The van der Waals surface area contributed by atoms with Gasteiger partial charge < -0.3 is 10.4 Å². The Labute approximate surface area is 104 Å². The third-order valence-electron chi connectivity index (χ3n) is 2.83. The summed E-state index contributed by atoms with van der Waals surface area (Å²) in [6.07, 6.45) is 0.600. The molecule has 0 amide bonds. The standard InChI is InChI=1S/C11H24N2O3S/c1-10(2,3)9-17(15,16)13(4)8-11(14)5-6-12-7-11/h12,14H,5-9H2,1-4H3. The molecule has 0 aromatic rings. The van der Waals surface area contributed by atoms with Crippen molar-refractivity contribution in [2.75, 3.05) is 32.4 Å². The summed E-state index contributed by atoms with van der Waals surface area (Å²) in [5.74, 6) is 0.0972. The van der Waals surface area contributed by atoms with Crippen molar-refractivity contribution in [1.29, 1.82) is 0 Å². The van der Waals surface area contributed by atoms with Crippen molar-refractivity contribution >= 4 is 10.0 Å². The summed E-state index contributed by atoms with van der Waals surface area (Å²) >= 11 is 0. The van der Waals surface area contributed by atoms with E-state index in [9.17, 15) is 13.5 Å². The molecule has 0 aliphatic carbocycles. The molecular weight excluding hydrogens is 240 g/mol. The Morgan fingerprint density at radius 3 is 2.41 bits per heavy atom. The smallest absolute Gasteiger partial charge is 0.214 e. The van der Waals surface area contributed by atoms with Crippen LogP contribution >= 0.6 is 0 Å². The maximum atomic E-state index is 12.1. The fourth-order valence-corrected chi connectivity index (χ4v) is 3.79. The van der Waals surface area contributed by atoms with Gasteiger partial charge in [0.15, 0.2) is 0 Å². The number of hydrogen-bond acceptors (Lipinski definition) is 4. The molecule has 1 heterocycles. The number of hydrogen-bond donors (Lipinski definition) is 2. The van der Waals surface area contributed by atoms with Crippen LogP contribution in [0, 0.1) is 5.41 Å². The molecule has 102 valence electrons. The average molecular weight is 264 g/mol. The Morgan fingerprint density at radius 1 is 1.41 bits per heavy atom. The third kappa shape index (κ3) is 4.54. The van der Waals surface area contributed by atoms with E-state index in [-0.39, 0.29) is 17.7 Å². The van der Waals surface area contributed by atoms with Gasteiger partial charge in [-0.05, 0) is 18.4 Å². The maximum absolute atomic E-state index is 12.1. The van der Waals surface area contributed by atoms with Gasteiger partial charge in [0.25, 0.3) is 0 Å². The van der Waals surface area contributed by atoms with Crippen LogP contribution < -0.4 is 5.32 Å². The van der Waals surface area contributed by atoms with E-state index >= 15 is 0 Å². The second kappa shape index (κ2) is 4.84. The van der Waals surface area contributed by atoms with Gasteiger partial charge in [0, 0.05) is 20.1 Å². The van der Waals surface area contributed by atoms with E-state index in [2.05, 4.69) is 5.32 Å². The van der Waals surface area contributed by atoms with Crippen LogP contribution in [0.15, 0.2) is 0 Å². The highest BCUT2D eigenvalue weighted by Crippen LogP contribution is 2.21. The van der Waals surface area contributed by atoms with E-state index in [0.29, 0.717) is 13.0 Å². The minimum atomic E-state index is -3.30. The van der Waals surface area contributed by atoms with Crippen molar-refractivity contribution in [3.8, 4) is 0 Å². The lowest BCUT2D eigenvalue weighted by atomic mass is 10.0. The van der Waals surface area contributed by atoms with Crippen molar-refractivity contribution in [2.24, 2.45) is 5.41 Å². The number of rotatable bonds is 4. The summed E-state index contributed by atoms with van der Waals surface area (Å²) in [6.45, 7) is 7.04. The quantitative estimate of drug-likeness (QED) is 0.751. The van der Waals surface area contributed by atoms with Gasteiger partial charge in [-0.3, -0.25) is 0 Å². The summed E-state index contributed by atoms with van der Waals surface area (Å²) in [7, 11) is -1.76. The second-order valence-electron chi connectivity index (χ2n) is 6.22. The molecule has 0 aromatic carbocycles. The predicted octanol–water partition coefficient (Wildman–Crippen LogP) is 0.0185. The predicted molar refractivity (Wildman–Crippen MR) is 68.3 cm³/mol. The molecule has 0 radical (unpaired) electrons. The van der Waals surface area contributed by atoms with Crippen molar-refractivity contribution in [2.45, 2.75) is 32.8 Å². The molecule has 0 saturated carbocycles. The molecule has 6 heteroatoms. The van der Waals surface area contributed by atoms with E-state index in [1.165, 1.54) is 11.4 Å². The second-order valence-corrected chi connectivity index (χ2v) is 8.30. The van der Waals surface area contributed by atoms with Gasteiger partial charge in [0.2, 0.25) is 10.0 Å². The zero-order valence-electron chi connectivity index (χ0n) is 11.2. The molecule has 1 aliphatic rings. The fourth-order valence-electron chi connectivity index (χ4n) is 2.04. The first kappa shape index (κ1) is 14.9. The Kier molecular flexibility index (Phi) is 4.24. The van der Waals surface area contributed by atoms with Crippen molar-refractivity contribution in [3.05, 3.63) is 0 Å². The van der Waals surface area contributed by atoms with Gasteiger partial charge in [-0.15, -0.1) is 0 Å². The van der Waals surface area contributed by atoms with E-state index in [1.807, 2.05) is 20.8 Å². The average Bonchev–Trinajstić information content (AvgIpc) is 2.47. The third-order valence-corrected chi connectivity index (χ3v) is 5.14. The lowest BCUT2D eigenvalue weighted by Crippen LogP contribution is -2.46. The van der Waals surface area contributed by atoms with E-state index in [4.69, 9.17) is 0 Å². The minimum absolute atomic E-state index is 0.0972. The molecule has 1 rings (SSSR count). The van der Waals surface area contributed by atoms with Gasteiger partial charge in [-0.2, -0.15) is 0 Å². The number of nitrogens with one attached hydrogen (secondary N) is 1. The lowest BCUT2D eigenvalue weighted by Gasteiger charge is -2.29. The first-order valence-electron chi connectivity index (χ1n) is 5.91. The van der Waals surface area contributed by atoms with Gasteiger partial charge in [0.1, 0.15) is 0 Å². The van der Waals surface area contributed by atoms with Crippen LogP contribution in [0.2, 0.25) is 0 Å². The molecule has 1 aliphatic heterocycles. The number of β-amino-alcohol motifs (C(OH)–C–C–N with tert-alkyl or cyclic N) is 1. The summed E-state index contributed by atoms with van der Waals surface area (Å²) in [5, 5.41) is 13.2. The van der Waals surface area contributed by atoms with Gasteiger partial charge in [-0.1, -0.05) is 20.8 Å². The molecule has 0 spiro atoms. The molecule has 0 aromatic heterocycles. The minimum Gasteiger partial charge on any atom is -0.387 e. The van der Waals surface area contributed by atoms with Crippen LogP contribution in [-0.4, -0.2) is 55.9 Å². The first-order valence-corrected chi connectivity index (χ1v) is 7.52. The highest BCUT2D eigenvalue weighted by Gasteiger charge is 2.36. The molecule has 1 unspecified atom stereocenters. The molecule has 5 nitrogen and oxygen atoms in total. The van der Waals surface area contributed by atoms with Crippen LogP contribution in [0.3, 0.4) is 0 Å². The van der Waals surface area contributed by atoms with Crippen LogP contribution in [-0.2, 0) is 10.0 Å². The normalized spacial score (nSPS) is 26.7. The molecule has 17 heavy (non-hydrogen) atoms. The molecule has 2 N–H and O–H groups in total. The summed E-state index contributed by atoms with van der Waals surface area (Å²) < 4.78 is 25.4. The van der Waals surface area contributed by atoms with E-state index < -0.39 is 15.6 Å². The van der Waals surface area contributed by atoms with Gasteiger partial charge in [0.05, 0.1) is 11.4 Å². The maximum Gasteiger partial charge on any atom is 0.214 e. The molecular formula is C11H24N2O3S. The fraction of sp³-hybridized carbons (Fsp3) is 1.00. The highest BCUT2D eigenvalue weighted by molar-refractivity contribution is 7.89. The van der Waals surface area contributed by atoms with Crippen LogP contribution in [0.4, 0.5) is 0 Å². The summed E-state index contributed by atoms with van der Waals surface area (Å²) in [5.41, 5.74) is -1.19. The van der Waals surface area contributed by atoms with Gasteiger partial charge in [-0.25, -0.2) is 12.7 Å². The van der Waals surface area contributed by atoms with E-state index in [0.717, 1.165) is 6.54 Å². The Balaban J connectivity index is 2.66. The SMILES string of the molecule is CN(CC1(O)CCNC1)S(=O)(=O)CC(C)(C)C. The monoisotopic (exact) mass is 264 g/mol. The Morgan fingerprint density at radius 2 is 2.00 bits per heavy atom. The zero-order valence-corrected chi connectivity index (χ0v) is 12.0.